The molecule has 9 aromatic carbocycles. The van der Waals surface area contributed by atoms with Crippen LogP contribution < -0.4 is 9.80 Å². The van der Waals surface area contributed by atoms with Crippen LogP contribution in [0.3, 0.4) is 0 Å². The summed E-state index contributed by atoms with van der Waals surface area (Å²) in [6, 6.07) is 68.0. The van der Waals surface area contributed by atoms with Crippen LogP contribution in [-0.2, 0) is 10.8 Å². The van der Waals surface area contributed by atoms with Crippen molar-refractivity contribution in [2.24, 2.45) is 0 Å². The van der Waals surface area contributed by atoms with Gasteiger partial charge in [0, 0.05) is 47.7 Å². The van der Waals surface area contributed by atoms with Gasteiger partial charge in [-0.2, -0.15) is 0 Å². The van der Waals surface area contributed by atoms with Crippen LogP contribution in [0.5, 0.6) is 0 Å². The molecule has 0 atom stereocenters. The summed E-state index contributed by atoms with van der Waals surface area (Å²) >= 11 is 0. The van der Waals surface area contributed by atoms with Gasteiger partial charge in [0.2, 0.25) is 0 Å². The van der Waals surface area contributed by atoms with Crippen molar-refractivity contribution in [1.29, 1.82) is 0 Å². The summed E-state index contributed by atoms with van der Waals surface area (Å²) in [5.41, 5.74) is 20.0. The average molecular weight is 773 g/mol. The van der Waals surface area contributed by atoms with Crippen molar-refractivity contribution in [3.63, 3.8) is 0 Å². The predicted molar refractivity (Wildman–Crippen MR) is 256 cm³/mol. The van der Waals surface area contributed by atoms with Gasteiger partial charge >= 0.3 is 0 Å². The maximum absolute atomic E-state index is 2.51. The highest BCUT2D eigenvalue weighted by atomic mass is 15.1. The van der Waals surface area contributed by atoms with Gasteiger partial charge in [-0.05, 0) is 119 Å². The van der Waals surface area contributed by atoms with E-state index in [4.69, 9.17) is 0 Å². The van der Waals surface area contributed by atoms with E-state index in [0.29, 0.717) is 0 Å². The van der Waals surface area contributed by atoms with Gasteiger partial charge < -0.3 is 9.80 Å². The Morgan fingerprint density at radius 2 is 0.700 bits per heavy atom. The third kappa shape index (κ3) is 5.20. The molecule has 0 unspecified atom stereocenters. The smallest absolute Gasteiger partial charge is 0.0455 e. The van der Waals surface area contributed by atoms with Crippen LogP contribution in [0.25, 0.3) is 66.1 Å². The Balaban J connectivity index is 1.22. The molecule has 2 heterocycles. The molecule has 0 N–H and O–H groups in total. The lowest BCUT2D eigenvalue weighted by atomic mass is 9.70. The van der Waals surface area contributed by atoms with Gasteiger partial charge in [-0.1, -0.05) is 179 Å². The van der Waals surface area contributed by atoms with Crippen LogP contribution in [-0.4, -0.2) is 14.1 Å². The summed E-state index contributed by atoms with van der Waals surface area (Å²) in [7, 11) is 4.43. The second kappa shape index (κ2) is 13.3. The number of anilines is 4. The molecule has 0 aromatic heterocycles. The molecule has 2 heteroatoms. The lowest BCUT2D eigenvalue weighted by molar-refractivity contribution is 0.631. The van der Waals surface area contributed by atoms with Crippen LogP contribution in [0.1, 0.15) is 49.9 Å². The van der Waals surface area contributed by atoms with Gasteiger partial charge in [0.25, 0.3) is 0 Å². The Labute approximate surface area is 354 Å². The van der Waals surface area contributed by atoms with Crippen LogP contribution in [0.2, 0.25) is 0 Å². The predicted octanol–water partition coefficient (Wildman–Crippen LogP) is 15.5. The van der Waals surface area contributed by atoms with E-state index < -0.39 is 0 Å². The van der Waals surface area contributed by atoms with Gasteiger partial charge in [-0.15, -0.1) is 0 Å². The highest BCUT2D eigenvalue weighted by molar-refractivity contribution is 6.19. The van der Waals surface area contributed by atoms with Gasteiger partial charge in [0.15, 0.2) is 0 Å². The zero-order valence-corrected chi connectivity index (χ0v) is 35.2. The Morgan fingerprint density at radius 1 is 0.317 bits per heavy atom. The standard InChI is InChI=1S/C58H48N2/c1-57(2)48-26-10-12-28-50(48)59(5)52-30-16-24-44(55(52)57)40-20-14-22-42-46(40)36-47-41(45-25-17-31-53-56(45)58(3,4)49-27-11-13-29-51(49)60(53)6)21-15-23-43(47)54(42)39-34-32-38(33-35-39)37-18-8-7-9-19-37/h7-36H,1-6H3. The van der Waals surface area contributed by atoms with Gasteiger partial charge in [-0.3, -0.25) is 0 Å². The van der Waals surface area contributed by atoms with Crippen LogP contribution in [0, 0.1) is 0 Å². The first kappa shape index (κ1) is 36.2. The molecular formula is C58H48N2. The molecule has 0 bridgehead atoms. The van der Waals surface area contributed by atoms with E-state index >= 15 is 0 Å². The van der Waals surface area contributed by atoms with Crippen molar-refractivity contribution in [3.8, 4) is 44.5 Å². The number of hydrogen-bond acceptors (Lipinski definition) is 2. The fraction of sp³-hybridized carbons (Fsp3) is 0.138. The van der Waals surface area contributed by atoms with Gasteiger partial charge in [-0.25, -0.2) is 0 Å². The Morgan fingerprint density at radius 3 is 1.20 bits per heavy atom. The molecule has 0 aliphatic carbocycles. The van der Waals surface area contributed by atoms with Gasteiger partial charge in [0.1, 0.15) is 0 Å². The first-order valence-electron chi connectivity index (χ1n) is 21.2. The number of rotatable bonds is 4. The van der Waals surface area contributed by atoms with E-state index in [9.17, 15) is 0 Å². The molecule has 0 amide bonds. The van der Waals surface area contributed by atoms with Crippen LogP contribution in [0.4, 0.5) is 22.7 Å². The Bertz CT molecular complexity index is 3000. The number of fused-ring (bicyclic) bond motifs is 6. The number of para-hydroxylation sites is 2. The molecule has 0 spiro atoms. The van der Waals surface area contributed by atoms with Crippen molar-refractivity contribution in [3.05, 3.63) is 204 Å². The number of benzene rings is 9. The van der Waals surface area contributed by atoms with E-state index in [0.717, 1.165) is 0 Å². The summed E-state index contributed by atoms with van der Waals surface area (Å²) in [5.74, 6) is 0. The molecule has 0 saturated carbocycles. The average Bonchev–Trinajstić information content (AvgIpc) is 3.29. The fourth-order valence-corrected chi connectivity index (χ4v) is 10.9. The second-order valence-corrected chi connectivity index (χ2v) is 17.8. The molecule has 11 rings (SSSR count). The zero-order chi connectivity index (χ0) is 40.9. The maximum atomic E-state index is 2.51. The minimum atomic E-state index is -0.216. The first-order chi connectivity index (χ1) is 29.1. The van der Waals surface area contributed by atoms with Crippen molar-refractivity contribution in [2.75, 3.05) is 23.9 Å². The SMILES string of the molecule is CN1c2ccccc2C(C)(C)c2c(-c3cccc4c(-c5ccc(-c6ccccc6)cc5)c5cccc(-c6cccc7c6C(C)(C)c6ccccc6N7C)c5cc34)cccc21. The lowest BCUT2D eigenvalue weighted by Gasteiger charge is -2.42. The van der Waals surface area contributed by atoms with E-state index in [1.807, 2.05) is 0 Å². The monoisotopic (exact) mass is 772 g/mol. The number of nitrogens with zero attached hydrogens (tertiary/aromatic N) is 2. The molecule has 0 radical (unpaired) electrons. The molecule has 290 valence electrons. The third-order valence-electron chi connectivity index (χ3n) is 13.8. The number of hydrogen-bond donors (Lipinski definition) is 0. The Kier molecular flexibility index (Phi) is 8.03. The molecule has 0 fully saturated rings. The minimum Gasteiger partial charge on any atom is -0.344 e. The largest absolute Gasteiger partial charge is 0.344 e. The van der Waals surface area contributed by atoms with Crippen molar-refractivity contribution < 1.29 is 0 Å². The highest BCUT2D eigenvalue weighted by Crippen LogP contribution is 2.55. The molecule has 9 aromatic rings. The third-order valence-corrected chi connectivity index (χ3v) is 13.8. The zero-order valence-electron chi connectivity index (χ0n) is 35.2. The lowest BCUT2D eigenvalue weighted by Crippen LogP contribution is -2.31. The Hall–Kier alpha value is -6.90. The molecular weight excluding hydrogens is 725 g/mol. The molecule has 2 nitrogen and oxygen atoms in total. The summed E-state index contributed by atoms with van der Waals surface area (Å²) in [5, 5.41) is 5.04. The summed E-state index contributed by atoms with van der Waals surface area (Å²) < 4.78 is 0. The van der Waals surface area contributed by atoms with E-state index in [2.05, 4.69) is 234 Å². The van der Waals surface area contributed by atoms with Crippen LogP contribution in [0.15, 0.2) is 182 Å². The summed E-state index contributed by atoms with van der Waals surface area (Å²) in [6.45, 7) is 9.59. The molecule has 2 aliphatic heterocycles. The normalized spacial score (nSPS) is 14.7. The van der Waals surface area contributed by atoms with E-state index in [-0.39, 0.29) is 10.8 Å². The topological polar surface area (TPSA) is 6.48 Å². The van der Waals surface area contributed by atoms with Crippen molar-refractivity contribution in [2.45, 2.75) is 38.5 Å². The van der Waals surface area contributed by atoms with E-state index in [1.165, 1.54) is 111 Å². The summed E-state index contributed by atoms with van der Waals surface area (Å²) in [4.78, 5) is 4.76. The quantitative estimate of drug-likeness (QED) is 0.164. The molecule has 60 heavy (non-hydrogen) atoms. The van der Waals surface area contributed by atoms with Crippen LogP contribution >= 0.6 is 0 Å². The highest BCUT2D eigenvalue weighted by Gasteiger charge is 2.39. The molecule has 0 saturated heterocycles. The van der Waals surface area contributed by atoms with Gasteiger partial charge in [0.05, 0.1) is 0 Å². The fourth-order valence-electron chi connectivity index (χ4n) is 10.9. The maximum Gasteiger partial charge on any atom is 0.0455 e. The van der Waals surface area contributed by atoms with Crippen molar-refractivity contribution >= 4 is 44.3 Å². The minimum absolute atomic E-state index is 0.216. The molecule has 2 aliphatic rings. The van der Waals surface area contributed by atoms with E-state index in [1.54, 1.807) is 0 Å². The second-order valence-electron chi connectivity index (χ2n) is 17.8. The van der Waals surface area contributed by atoms with Crippen molar-refractivity contribution in [1.82, 2.24) is 0 Å². The summed E-state index contributed by atoms with van der Waals surface area (Å²) in [6.07, 6.45) is 0. The first-order valence-corrected chi connectivity index (χ1v) is 21.2.